The molecule has 1 aromatic heterocycles. The quantitative estimate of drug-likeness (QED) is 0.842. The summed E-state index contributed by atoms with van der Waals surface area (Å²) in [5, 5.41) is 13.3. The van der Waals surface area contributed by atoms with Crippen LogP contribution in [0.1, 0.15) is 23.1 Å². The van der Waals surface area contributed by atoms with E-state index < -0.39 is 0 Å². The molecule has 0 amide bonds. The average molecular weight is 359 g/mol. The van der Waals surface area contributed by atoms with Crippen LogP contribution < -0.4 is 4.80 Å². The molecule has 1 N–H and O–H groups in total. The van der Waals surface area contributed by atoms with E-state index in [1.165, 1.54) is 26.0 Å². The topological polar surface area (TPSA) is 41.7 Å². The van der Waals surface area contributed by atoms with Crippen molar-refractivity contribution in [1.82, 2.24) is 9.78 Å². The van der Waals surface area contributed by atoms with Gasteiger partial charge in [0.15, 0.2) is 0 Å². The molecule has 0 radical (unpaired) electrons. The number of hydrogen-bond donors (Lipinski definition) is 1. The Labute approximate surface area is 118 Å². The van der Waals surface area contributed by atoms with Gasteiger partial charge in [-0.1, -0.05) is 30.4 Å². The number of aryl methyl sites for hydroxylation is 2. The zero-order chi connectivity index (χ0) is 12.4. The fraction of sp³-hybridized carbons (Fsp3) is 0.333. The first kappa shape index (κ1) is 12.8. The summed E-state index contributed by atoms with van der Waals surface area (Å²) in [7, 11) is 0. The van der Waals surface area contributed by atoms with Gasteiger partial charge in [-0.2, -0.15) is 5.10 Å². The lowest BCUT2D eigenvalue weighted by molar-refractivity contribution is 0.637. The first-order valence-corrected chi connectivity index (χ1v) is 7.36. The third-order valence-electron chi connectivity index (χ3n) is 2.54. The molecule has 0 aliphatic heterocycles. The minimum atomic E-state index is 0.526. The highest BCUT2D eigenvalue weighted by Crippen LogP contribution is 2.14. The van der Waals surface area contributed by atoms with Gasteiger partial charge in [0, 0.05) is 3.57 Å². The molecule has 0 aliphatic carbocycles. The molecular weight excluding hydrogens is 345 g/mol. The maximum atomic E-state index is 7.86. The number of aromatic nitrogens is 2. The molecule has 2 aromatic rings. The predicted molar refractivity (Wildman–Crippen MR) is 78.3 cm³/mol. The van der Waals surface area contributed by atoms with Gasteiger partial charge in [0.1, 0.15) is 5.01 Å². The third-order valence-corrected chi connectivity index (χ3v) is 4.76. The first-order chi connectivity index (χ1) is 8.10. The van der Waals surface area contributed by atoms with Crippen LogP contribution in [0.3, 0.4) is 0 Å². The van der Waals surface area contributed by atoms with E-state index in [1.54, 1.807) is 4.68 Å². The maximum absolute atomic E-state index is 7.86. The van der Waals surface area contributed by atoms with Crippen molar-refractivity contribution in [3.8, 4) is 0 Å². The van der Waals surface area contributed by atoms with E-state index in [0.717, 1.165) is 11.4 Å². The van der Waals surface area contributed by atoms with E-state index >= 15 is 0 Å². The van der Waals surface area contributed by atoms with Gasteiger partial charge in [-0.15, -0.1) is 0 Å². The Hall–Kier alpha value is -0.690. The van der Waals surface area contributed by atoms with Gasteiger partial charge in [-0.3, -0.25) is 5.41 Å². The van der Waals surface area contributed by atoms with Crippen molar-refractivity contribution in [3.63, 3.8) is 0 Å². The Morgan fingerprint density at radius 3 is 2.82 bits per heavy atom. The predicted octanol–water partition coefficient (Wildman–Crippen LogP) is 2.95. The molecule has 0 unspecified atom stereocenters. The molecule has 2 rings (SSSR count). The number of nitrogens with one attached hydrogen (secondary N) is 1. The van der Waals surface area contributed by atoms with Crippen LogP contribution in [0.2, 0.25) is 0 Å². The average Bonchev–Trinajstić information content (AvgIpc) is 2.65. The highest BCUT2D eigenvalue weighted by molar-refractivity contribution is 14.1. The number of benzene rings is 1. The van der Waals surface area contributed by atoms with Crippen LogP contribution in [0, 0.1) is 15.9 Å². The summed E-state index contributed by atoms with van der Waals surface area (Å²) in [6, 6.07) is 6.38. The lowest BCUT2D eigenvalue weighted by Gasteiger charge is -2.04. The van der Waals surface area contributed by atoms with E-state index in [0.29, 0.717) is 11.3 Å². The minimum Gasteiger partial charge on any atom is -0.274 e. The molecular formula is C12H14IN3S. The molecule has 0 saturated carbocycles. The van der Waals surface area contributed by atoms with E-state index in [2.05, 4.69) is 59.7 Å². The Morgan fingerprint density at radius 1 is 1.47 bits per heavy atom. The lowest BCUT2D eigenvalue weighted by Crippen LogP contribution is -2.15. The van der Waals surface area contributed by atoms with Crippen LogP contribution in [0.5, 0.6) is 0 Å². The SMILES string of the molecule is CCc1nn(Cc2ccc(I)c(C)c2)c(=N)s1. The molecule has 90 valence electrons. The van der Waals surface area contributed by atoms with Gasteiger partial charge < -0.3 is 0 Å². The second-order valence-corrected chi connectivity index (χ2v) is 6.12. The van der Waals surface area contributed by atoms with Crippen LogP contribution in [0.25, 0.3) is 0 Å². The third kappa shape index (κ3) is 2.95. The van der Waals surface area contributed by atoms with Crippen LogP contribution in [0.4, 0.5) is 0 Å². The van der Waals surface area contributed by atoms with Crippen molar-refractivity contribution >= 4 is 33.9 Å². The molecule has 5 heteroatoms. The van der Waals surface area contributed by atoms with Crippen molar-refractivity contribution in [1.29, 1.82) is 5.41 Å². The van der Waals surface area contributed by atoms with Crippen LogP contribution in [0.15, 0.2) is 18.2 Å². The fourth-order valence-electron chi connectivity index (χ4n) is 1.59. The highest BCUT2D eigenvalue weighted by Gasteiger charge is 2.04. The Morgan fingerprint density at radius 2 is 2.24 bits per heavy atom. The van der Waals surface area contributed by atoms with Gasteiger partial charge in [0.25, 0.3) is 0 Å². The summed E-state index contributed by atoms with van der Waals surface area (Å²) in [4.78, 5) is 0.526. The van der Waals surface area contributed by atoms with Gasteiger partial charge in [-0.05, 0) is 53.1 Å². The first-order valence-electron chi connectivity index (χ1n) is 5.46. The lowest BCUT2D eigenvalue weighted by atomic mass is 10.1. The van der Waals surface area contributed by atoms with Gasteiger partial charge >= 0.3 is 0 Å². The Kier molecular flexibility index (Phi) is 3.98. The number of halogens is 1. The fourth-order valence-corrected chi connectivity index (χ4v) is 2.65. The molecule has 0 atom stereocenters. The van der Waals surface area contributed by atoms with Crippen molar-refractivity contribution in [2.45, 2.75) is 26.8 Å². The van der Waals surface area contributed by atoms with E-state index in [4.69, 9.17) is 5.41 Å². The molecule has 3 nitrogen and oxygen atoms in total. The molecule has 1 heterocycles. The Balaban J connectivity index is 2.28. The Bertz CT molecular complexity index is 586. The number of nitrogens with zero attached hydrogens (tertiary/aromatic N) is 2. The summed E-state index contributed by atoms with van der Waals surface area (Å²) in [5.41, 5.74) is 2.48. The molecule has 0 aliphatic rings. The molecule has 1 aromatic carbocycles. The van der Waals surface area contributed by atoms with Crippen molar-refractivity contribution < 1.29 is 0 Å². The normalized spacial score (nSPS) is 10.8. The zero-order valence-electron chi connectivity index (χ0n) is 9.83. The molecule has 17 heavy (non-hydrogen) atoms. The standard InChI is InChI=1S/C12H14IN3S/c1-3-11-15-16(12(14)17-11)7-9-4-5-10(13)8(2)6-9/h4-6,14H,3,7H2,1-2H3. The smallest absolute Gasteiger partial charge is 0.200 e. The van der Waals surface area contributed by atoms with Crippen LogP contribution >= 0.6 is 33.9 Å². The van der Waals surface area contributed by atoms with Crippen molar-refractivity contribution in [2.75, 3.05) is 0 Å². The summed E-state index contributed by atoms with van der Waals surface area (Å²) >= 11 is 3.79. The van der Waals surface area contributed by atoms with Crippen LogP contribution in [-0.4, -0.2) is 9.78 Å². The monoisotopic (exact) mass is 359 g/mol. The largest absolute Gasteiger partial charge is 0.274 e. The van der Waals surface area contributed by atoms with E-state index in [9.17, 15) is 0 Å². The zero-order valence-corrected chi connectivity index (χ0v) is 12.8. The van der Waals surface area contributed by atoms with Gasteiger partial charge in [0.05, 0.1) is 6.54 Å². The maximum Gasteiger partial charge on any atom is 0.200 e. The summed E-state index contributed by atoms with van der Waals surface area (Å²) in [6.45, 7) is 4.86. The molecule has 0 bridgehead atoms. The molecule has 0 saturated heterocycles. The summed E-state index contributed by atoms with van der Waals surface area (Å²) < 4.78 is 3.04. The van der Waals surface area contributed by atoms with Crippen molar-refractivity contribution in [2.24, 2.45) is 0 Å². The number of hydrogen-bond acceptors (Lipinski definition) is 3. The minimum absolute atomic E-state index is 0.526. The molecule has 0 fully saturated rings. The van der Waals surface area contributed by atoms with E-state index in [1.807, 2.05) is 0 Å². The van der Waals surface area contributed by atoms with Crippen molar-refractivity contribution in [3.05, 3.63) is 42.7 Å². The summed E-state index contributed by atoms with van der Waals surface area (Å²) in [5.74, 6) is 0. The van der Waals surface area contributed by atoms with Gasteiger partial charge in [0.2, 0.25) is 4.80 Å². The van der Waals surface area contributed by atoms with Crippen LogP contribution in [-0.2, 0) is 13.0 Å². The summed E-state index contributed by atoms with van der Waals surface area (Å²) in [6.07, 6.45) is 0.898. The van der Waals surface area contributed by atoms with Gasteiger partial charge in [-0.25, -0.2) is 4.68 Å². The van der Waals surface area contributed by atoms with E-state index in [-0.39, 0.29) is 0 Å². The second kappa shape index (κ2) is 5.30. The number of rotatable bonds is 3. The molecule has 0 spiro atoms. The highest BCUT2D eigenvalue weighted by atomic mass is 127. The second-order valence-electron chi connectivity index (χ2n) is 3.90.